The van der Waals surface area contributed by atoms with Crippen LogP contribution in [0.2, 0.25) is 5.02 Å². The van der Waals surface area contributed by atoms with Crippen LogP contribution in [0.5, 0.6) is 0 Å². The van der Waals surface area contributed by atoms with Gasteiger partial charge in [-0.15, -0.1) is 0 Å². The first-order chi connectivity index (χ1) is 8.65. The van der Waals surface area contributed by atoms with Gasteiger partial charge in [-0.3, -0.25) is 0 Å². The first-order valence-corrected chi connectivity index (χ1v) is 6.88. The number of rotatable bonds is 5. The lowest BCUT2D eigenvalue weighted by Gasteiger charge is -2.18. The highest BCUT2D eigenvalue weighted by molar-refractivity contribution is 6.31. The average molecular weight is 266 g/mol. The molecule has 2 aromatic rings. The Hall–Kier alpha value is -1.06. The minimum Gasteiger partial charge on any atom is -0.327 e. The Morgan fingerprint density at radius 3 is 2.67 bits per heavy atom. The molecular weight excluding hydrogens is 246 g/mol. The largest absolute Gasteiger partial charge is 0.327 e. The number of benzene rings is 1. The number of imidazole rings is 1. The van der Waals surface area contributed by atoms with Crippen LogP contribution in [-0.2, 0) is 6.54 Å². The molecule has 1 heterocycles. The van der Waals surface area contributed by atoms with E-state index < -0.39 is 0 Å². The summed E-state index contributed by atoms with van der Waals surface area (Å²) in [5, 5.41) is 0.746. The first kappa shape index (κ1) is 13.4. The van der Waals surface area contributed by atoms with Crippen molar-refractivity contribution in [3.8, 4) is 0 Å². The molecule has 0 bridgehead atoms. The van der Waals surface area contributed by atoms with E-state index in [0.717, 1.165) is 42.5 Å². The first-order valence-electron chi connectivity index (χ1n) is 6.50. The molecule has 98 valence electrons. The van der Waals surface area contributed by atoms with Crippen molar-refractivity contribution in [3.05, 3.63) is 29.0 Å². The number of halogens is 1. The Morgan fingerprint density at radius 1 is 1.28 bits per heavy atom. The lowest BCUT2D eigenvalue weighted by atomic mass is 10.3. The van der Waals surface area contributed by atoms with E-state index >= 15 is 0 Å². The highest BCUT2D eigenvalue weighted by Gasteiger charge is 2.08. The average Bonchev–Trinajstić information content (AvgIpc) is 2.66. The van der Waals surface area contributed by atoms with E-state index in [0.29, 0.717) is 0 Å². The Kier molecular flexibility index (Phi) is 4.25. The van der Waals surface area contributed by atoms with Crippen molar-refractivity contribution in [1.82, 2.24) is 14.5 Å². The lowest BCUT2D eigenvalue weighted by Crippen LogP contribution is -2.27. The van der Waals surface area contributed by atoms with E-state index in [4.69, 9.17) is 11.6 Å². The van der Waals surface area contributed by atoms with Crippen LogP contribution in [0.3, 0.4) is 0 Å². The van der Waals surface area contributed by atoms with Gasteiger partial charge in [0.1, 0.15) is 5.82 Å². The van der Waals surface area contributed by atoms with Crippen LogP contribution in [0, 0.1) is 6.92 Å². The SMILES string of the molecule is CCN(CC)CCn1c(C)nc2cc(Cl)ccc21. The number of nitrogens with zero attached hydrogens (tertiary/aromatic N) is 3. The summed E-state index contributed by atoms with van der Waals surface area (Å²) in [6.07, 6.45) is 0. The van der Waals surface area contributed by atoms with Crippen LogP contribution >= 0.6 is 11.6 Å². The number of aromatic nitrogens is 2. The molecule has 0 unspecified atom stereocenters. The van der Waals surface area contributed by atoms with Crippen LogP contribution in [0.25, 0.3) is 11.0 Å². The van der Waals surface area contributed by atoms with E-state index in [1.165, 1.54) is 5.52 Å². The zero-order valence-corrected chi connectivity index (χ0v) is 12.0. The van der Waals surface area contributed by atoms with Crippen LogP contribution < -0.4 is 0 Å². The van der Waals surface area contributed by atoms with Crippen molar-refractivity contribution in [1.29, 1.82) is 0 Å². The molecular formula is C14H20ClN3. The molecule has 3 nitrogen and oxygen atoms in total. The molecule has 0 radical (unpaired) electrons. The maximum Gasteiger partial charge on any atom is 0.106 e. The summed E-state index contributed by atoms with van der Waals surface area (Å²) in [4.78, 5) is 6.98. The van der Waals surface area contributed by atoms with Gasteiger partial charge < -0.3 is 9.47 Å². The second-order valence-electron chi connectivity index (χ2n) is 4.47. The topological polar surface area (TPSA) is 21.1 Å². The number of fused-ring (bicyclic) bond motifs is 1. The van der Waals surface area contributed by atoms with Gasteiger partial charge in [-0.05, 0) is 38.2 Å². The highest BCUT2D eigenvalue weighted by atomic mass is 35.5. The van der Waals surface area contributed by atoms with Crippen molar-refractivity contribution in [2.75, 3.05) is 19.6 Å². The number of hydrogen-bond acceptors (Lipinski definition) is 2. The van der Waals surface area contributed by atoms with Gasteiger partial charge in [0.15, 0.2) is 0 Å². The van der Waals surface area contributed by atoms with E-state index in [-0.39, 0.29) is 0 Å². The minimum atomic E-state index is 0.746. The van der Waals surface area contributed by atoms with Gasteiger partial charge >= 0.3 is 0 Å². The van der Waals surface area contributed by atoms with Gasteiger partial charge in [0.25, 0.3) is 0 Å². The second kappa shape index (κ2) is 5.72. The molecule has 0 atom stereocenters. The summed E-state index contributed by atoms with van der Waals surface area (Å²) in [7, 11) is 0. The van der Waals surface area contributed by atoms with E-state index in [2.05, 4.69) is 41.3 Å². The van der Waals surface area contributed by atoms with Crippen molar-refractivity contribution in [2.45, 2.75) is 27.3 Å². The van der Waals surface area contributed by atoms with Gasteiger partial charge in [-0.1, -0.05) is 25.4 Å². The Bertz CT molecular complexity index is 529. The lowest BCUT2D eigenvalue weighted by molar-refractivity contribution is 0.291. The summed E-state index contributed by atoms with van der Waals surface area (Å²) in [5.74, 6) is 1.06. The molecule has 0 aliphatic rings. The monoisotopic (exact) mass is 265 g/mol. The molecule has 2 rings (SSSR count). The van der Waals surface area contributed by atoms with Crippen molar-refractivity contribution in [3.63, 3.8) is 0 Å². The Balaban J connectivity index is 2.24. The fourth-order valence-electron chi connectivity index (χ4n) is 2.29. The third-order valence-electron chi connectivity index (χ3n) is 3.44. The normalized spacial score (nSPS) is 11.6. The molecule has 0 aliphatic carbocycles. The predicted octanol–water partition coefficient (Wildman–Crippen LogP) is 3.34. The zero-order valence-electron chi connectivity index (χ0n) is 11.3. The predicted molar refractivity (Wildman–Crippen MR) is 77.3 cm³/mol. The van der Waals surface area contributed by atoms with E-state index in [1.807, 2.05) is 12.1 Å². The van der Waals surface area contributed by atoms with Crippen molar-refractivity contribution >= 4 is 22.6 Å². The summed E-state index contributed by atoms with van der Waals surface area (Å²) >= 11 is 6.00. The smallest absolute Gasteiger partial charge is 0.106 e. The van der Waals surface area contributed by atoms with Gasteiger partial charge in [-0.25, -0.2) is 4.98 Å². The fourth-order valence-corrected chi connectivity index (χ4v) is 2.45. The minimum absolute atomic E-state index is 0.746. The molecule has 1 aromatic carbocycles. The van der Waals surface area contributed by atoms with Crippen LogP contribution in [0.15, 0.2) is 18.2 Å². The summed E-state index contributed by atoms with van der Waals surface area (Å²) < 4.78 is 2.27. The standard InChI is InChI=1S/C14H20ClN3/c1-4-17(5-2)8-9-18-11(3)16-13-10-12(15)6-7-14(13)18/h6-7,10H,4-5,8-9H2,1-3H3. The van der Waals surface area contributed by atoms with Gasteiger partial charge in [0.2, 0.25) is 0 Å². The summed E-state index contributed by atoms with van der Waals surface area (Å²) in [6.45, 7) is 10.7. The molecule has 0 aliphatic heterocycles. The number of hydrogen-bond donors (Lipinski definition) is 0. The van der Waals surface area contributed by atoms with Gasteiger partial charge in [0.05, 0.1) is 11.0 Å². The maximum absolute atomic E-state index is 6.00. The highest BCUT2D eigenvalue weighted by Crippen LogP contribution is 2.20. The van der Waals surface area contributed by atoms with E-state index in [9.17, 15) is 0 Å². The zero-order chi connectivity index (χ0) is 13.1. The molecule has 0 amide bonds. The molecule has 0 saturated heterocycles. The van der Waals surface area contributed by atoms with Crippen LogP contribution in [0.1, 0.15) is 19.7 Å². The second-order valence-corrected chi connectivity index (χ2v) is 4.91. The third kappa shape index (κ3) is 2.68. The van der Waals surface area contributed by atoms with Gasteiger partial charge in [-0.2, -0.15) is 0 Å². The van der Waals surface area contributed by atoms with E-state index in [1.54, 1.807) is 0 Å². The fraction of sp³-hybridized carbons (Fsp3) is 0.500. The van der Waals surface area contributed by atoms with Crippen molar-refractivity contribution in [2.24, 2.45) is 0 Å². The molecule has 0 fully saturated rings. The van der Waals surface area contributed by atoms with Crippen LogP contribution in [-0.4, -0.2) is 34.1 Å². The molecule has 0 spiro atoms. The number of likely N-dealkylation sites (N-methyl/N-ethyl adjacent to an activating group) is 1. The maximum atomic E-state index is 6.00. The molecule has 0 saturated carbocycles. The molecule has 18 heavy (non-hydrogen) atoms. The molecule has 4 heteroatoms. The summed E-state index contributed by atoms with van der Waals surface area (Å²) in [5.41, 5.74) is 2.16. The van der Waals surface area contributed by atoms with Crippen LogP contribution in [0.4, 0.5) is 0 Å². The molecule has 1 aromatic heterocycles. The number of aryl methyl sites for hydroxylation is 1. The third-order valence-corrected chi connectivity index (χ3v) is 3.67. The summed E-state index contributed by atoms with van der Waals surface area (Å²) in [6, 6.07) is 5.91. The Morgan fingerprint density at radius 2 is 2.00 bits per heavy atom. The Labute approximate surface area is 113 Å². The van der Waals surface area contributed by atoms with Gasteiger partial charge in [0, 0.05) is 18.1 Å². The molecule has 0 N–H and O–H groups in total. The van der Waals surface area contributed by atoms with Crippen molar-refractivity contribution < 1.29 is 0 Å². The quantitative estimate of drug-likeness (QED) is 0.827.